The third kappa shape index (κ3) is 4.83. The first-order valence-electron chi connectivity index (χ1n) is 7.30. The van der Waals surface area contributed by atoms with Crippen LogP contribution >= 0.6 is 11.8 Å². The summed E-state index contributed by atoms with van der Waals surface area (Å²) in [4.78, 5) is 2.66. The van der Waals surface area contributed by atoms with Gasteiger partial charge in [-0.2, -0.15) is 11.8 Å². The Labute approximate surface area is 122 Å². The van der Waals surface area contributed by atoms with Crippen molar-refractivity contribution in [3.8, 4) is 0 Å². The molecule has 0 spiro atoms. The topological polar surface area (TPSA) is 15.3 Å². The molecule has 0 radical (unpaired) electrons. The molecule has 0 bridgehead atoms. The predicted octanol–water partition coefficient (Wildman–Crippen LogP) is 2.64. The average Bonchev–Trinajstić information content (AvgIpc) is 2.66. The number of benzene rings is 1. The van der Waals surface area contributed by atoms with Gasteiger partial charge in [0, 0.05) is 24.4 Å². The van der Waals surface area contributed by atoms with E-state index in [4.69, 9.17) is 0 Å². The van der Waals surface area contributed by atoms with Gasteiger partial charge in [0.2, 0.25) is 0 Å². The van der Waals surface area contributed by atoms with E-state index in [0.717, 1.165) is 13.0 Å². The predicted molar refractivity (Wildman–Crippen MR) is 86.0 cm³/mol. The minimum Gasteiger partial charge on any atom is -0.312 e. The summed E-state index contributed by atoms with van der Waals surface area (Å²) in [6.07, 6.45) is 4.61. The van der Waals surface area contributed by atoms with E-state index in [1.54, 1.807) is 0 Å². The standard InChI is InChI=1S/C16H26N2S/c1-14(13-19-2)18-10-6-9-17-16(12-18)11-15-7-4-3-5-8-15/h3-5,7-8,14,16-17H,6,9-13H2,1-2H3. The van der Waals surface area contributed by atoms with Crippen LogP contribution < -0.4 is 5.32 Å². The smallest absolute Gasteiger partial charge is 0.0235 e. The van der Waals surface area contributed by atoms with E-state index >= 15 is 0 Å². The third-order valence-corrected chi connectivity index (χ3v) is 4.68. The van der Waals surface area contributed by atoms with Gasteiger partial charge in [0.25, 0.3) is 0 Å². The fraction of sp³-hybridized carbons (Fsp3) is 0.625. The normalized spacial score (nSPS) is 22.9. The van der Waals surface area contributed by atoms with Gasteiger partial charge in [0.15, 0.2) is 0 Å². The van der Waals surface area contributed by atoms with Gasteiger partial charge in [0.1, 0.15) is 0 Å². The summed E-state index contributed by atoms with van der Waals surface area (Å²) < 4.78 is 0. The van der Waals surface area contributed by atoms with E-state index in [9.17, 15) is 0 Å². The Bertz CT molecular complexity index is 355. The van der Waals surface area contributed by atoms with Gasteiger partial charge >= 0.3 is 0 Å². The van der Waals surface area contributed by atoms with Crippen LogP contribution in [0.25, 0.3) is 0 Å². The molecule has 1 fully saturated rings. The zero-order chi connectivity index (χ0) is 13.5. The van der Waals surface area contributed by atoms with E-state index in [-0.39, 0.29) is 0 Å². The van der Waals surface area contributed by atoms with Crippen molar-refractivity contribution in [2.24, 2.45) is 0 Å². The largest absolute Gasteiger partial charge is 0.312 e. The van der Waals surface area contributed by atoms with Crippen molar-refractivity contribution >= 4 is 11.8 Å². The number of hydrogen-bond donors (Lipinski definition) is 1. The second-order valence-corrected chi connectivity index (χ2v) is 6.40. The lowest BCUT2D eigenvalue weighted by molar-refractivity contribution is 0.220. The van der Waals surface area contributed by atoms with E-state index in [1.807, 2.05) is 11.8 Å². The SMILES string of the molecule is CSCC(C)N1CCCNC(Cc2ccccc2)C1. The molecule has 0 aliphatic carbocycles. The fourth-order valence-electron chi connectivity index (χ4n) is 2.81. The molecular weight excluding hydrogens is 252 g/mol. The summed E-state index contributed by atoms with van der Waals surface area (Å²) in [6, 6.07) is 12.1. The molecule has 1 saturated heterocycles. The monoisotopic (exact) mass is 278 g/mol. The van der Waals surface area contributed by atoms with Crippen molar-refractivity contribution in [2.75, 3.05) is 31.6 Å². The van der Waals surface area contributed by atoms with Crippen molar-refractivity contribution in [2.45, 2.75) is 31.8 Å². The Morgan fingerprint density at radius 1 is 1.37 bits per heavy atom. The lowest BCUT2D eigenvalue weighted by atomic mass is 10.1. The van der Waals surface area contributed by atoms with Crippen LogP contribution in [0.15, 0.2) is 30.3 Å². The summed E-state index contributed by atoms with van der Waals surface area (Å²) >= 11 is 1.95. The fourth-order valence-corrected chi connectivity index (χ4v) is 3.50. The highest BCUT2D eigenvalue weighted by molar-refractivity contribution is 7.98. The zero-order valence-electron chi connectivity index (χ0n) is 12.1. The summed E-state index contributed by atoms with van der Waals surface area (Å²) in [7, 11) is 0. The zero-order valence-corrected chi connectivity index (χ0v) is 13.0. The van der Waals surface area contributed by atoms with Crippen molar-refractivity contribution in [3.63, 3.8) is 0 Å². The first kappa shape index (κ1) is 14.9. The number of rotatable bonds is 5. The first-order chi connectivity index (χ1) is 9.29. The minimum atomic E-state index is 0.592. The first-order valence-corrected chi connectivity index (χ1v) is 8.69. The van der Waals surface area contributed by atoms with Crippen LogP contribution in [0.2, 0.25) is 0 Å². The Morgan fingerprint density at radius 2 is 2.16 bits per heavy atom. The molecule has 1 aliphatic heterocycles. The second-order valence-electron chi connectivity index (χ2n) is 5.49. The lowest BCUT2D eigenvalue weighted by Crippen LogP contribution is -2.43. The molecule has 3 heteroatoms. The van der Waals surface area contributed by atoms with Crippen molar-refractivity contribution in [1.82, 2.24) is 10.2 Å². The van der Waals surface area contributed by atoms with E-state index in [1.165, 1.54) is 30.8 Å². The molecule has 2 rings (SSSR count). The van der Waals surface area contributed by atoms with Crippen LogP contribution in [0.4, 0.5) is 0 Å². The highest BCUT2D eigenvalue weighted by atomic mass is 32.2. The second kappa shape index (κ2) is 7.93. The molecule has 1 N–H and O–H groups in total. The maximum Gasteiger partial charge on any atom is 0.0235 e. The van der Waals surface area contributed by atoms with Gasteiger partial charge in [0.05, 0.1) is 0 Å². The molecule has 0 amide bonds. The summed E-state index contributed by atoms with van der Waals surface area (Å²) in [5.74, 6) is 1.23. The Hall–Kier alpha value is -0.510. The van der Waals surface area contributed by atoms with Crippen LogP contribution in [0, 0.1) is 0 Å². The third-order valence-electron chi connectivity index (χ3n) is 3.87. The molecule has 1 aromatic rings. The molecule has 2 nitrogen and oxygen atoms in total. The summed E-state index contributed by atoms with van der Waals surface area (Å²) in [6.45, 7) is 5.93. The van der Waals surface area contributed by atoms with E-state index in [2.05, 4.69) is 53.7 Å². The number of nitrogens with one attached hydrogen (secondary N) is 1. The van der Waals surface area contributed by atoms with E-state index < -0.39 is 0 Å². The minimum absolute atomic E-state index is 0.592. The van der Waals surface area contributed by atoms with Crippen LogP contribution in [0.5, 0.6) is 0 Å². The molecule has 0 saturated carbocycles. The lowest BCUT2D eigenvalue weighted by Gasteiger charge is -2.29. The number of hydrogen-bond acceptors (Lipinski definition) is 3. The molecule has 19 heavy (non-hydrogen) atoms. The molecule has 1 aromatic carbocycles. The molecular formula is C16H26N2S. The van der Waals surface area contributed by atoms with E-state index in [0.29, 0.717) is 12.1 Å². The summed E-state index contributed by atoms with van der Waals surface area (Å²) in [5.41, 5.74) is 1.44. The Balaban J connectivity index is 1.92. The number of nitrogens with zero attached hydrogens (tertiary/aromatic N) is 1. The molecule has 2 atom stereocenters. The molecule has 2 unspecified atom stereocenters. The van der Waals surface area contributed by atoms with Crippen LogP contribution in [-0.4, -0.2) is 48.6 Å². The van der Waals surface area contributed by atoms with Gasteiger partial charge < -0.3 is 5.32 Å². The van der Waals surface area contributed by atoms with Crippen molar-refractivity contribution in [1.29, 1.82) is 0 Å². The molecule has 1 aliphatic rings. The molecule has 1 heterocycles. The quantitative estimate of drug-likeness (QED) is 0.891. The van der Waals surface area contributed by atoms with Crippen molar-refractivity contribution < 1.29 is 0 Å². The molecule has 106 valence electrons. The highest BCUT2D eigenvalue weighted by Gasteiger charge is 2.21. The maximum atomic E-state index is 3.71. The van der Waals surface area contributed by atoms with Gasteiger partial charge in [-0.25, -0.2) is 0 Å². The van der Waals surface area contributed by atoms with Crippen LogP contribution in [0.3, 0.4) is 0 Å². The Kier molecular flexibility index (Phi) is 6.21. The summed E-state index contributed by atoms with van der Waals surface area (Å²) in [5, 5.41) is 3.71. The van der Waals surface area contributed by atoms with Crippen LogP contribution in [-0.2, 0) is 6.42 Å². The number of thioether (sulfide) groups is 1. The van der Waals surface area contributed by atoms with Gasteiger partial charge in [-0.3, -0.25) is 4.90 Å². The Morgan fingerprint density at radius 3 is 2.89 bits per heavy atom. The van der Waals surface area contributed by atoms with Gasteiger partial charge in [-0.15, -0.1) is 0 Å². The van der Waals surface area contributed by atoms with Gasteiger partial charge in [-0.05, 0) is 44.7 Å². The van der Waals surface area contributed by atoms with Crippen molar-refractivity contribution in [3.05, 3.63) is 35.9 Å². The molecule has 0 aromatic heterocycles. The van der Waals surface area contributed by atoms with Crippen LogP contribution in [0.1, 0.15) is 18.9 Å². The van der Waals surface area contributed by atoms with Gasteiger partial charge in [-0.1, -0.05) is 30.3 Å². The average molecular weight is 278 g/mol. The highest BCUT2D eigenvalue weighted by Crippen LogP contribution is 2.12. The maximum absolute atomic E-state index is 3.71.